The van der Waals surface area contributed by atoms with E-state index in [0.29, 0.717) is 5.58 Å². The number of benzene rings is 1. The molecule has 6 heteroatoms. The van der Waals surface area contributed by atoms with Crippen LogP contribution in [0.1, 0.15) is 29.0 Å². The number of hydrazine groups is 1. The molecule has 1 saturated carbocycles. The molecule has 1 aromatic heterocycles. The normalized spacial score (nSPS) is 14.3. The third kappa shape index (κ3) is 2.43. The Labute approximate surface area is 123 Å². The molecule has 1 aliphatic carbocycles. The van der Waals surface area contributed by atoms with E-state index in [1.807, 2.05) is 19.1 Å². The van der Waals surface area contributed by atoms with Crippen molar-refractivity contribution in [1.29, 1.82) is 0 Å². The number of nitrogens with one attached hydrogen (secondary N) is 2. The molecule has 0 atom stereocenters. The van der Waals surface area contributed by atoms with Crippen molar-refractivity contribution in [2.24, 2.45) is 5.92 Å². The highest BCUT2D eigenvalue weighted by Gasteiger charge is 2.30. The third-order valence-electron chi connectivity index (χ3n) is 3.35. The lowest BCUT2D eigenvalue weighted by molar-refractivity contribution is -0.123. The predicted octanol–water partition coefficient (Wildman–Crippen LogP) is 2.67. The van der Waals surface area contributed by atoms with Crippen LogP contribution in [-0.2, 0) is 4.79 Å². The fourth-order valence-electron chi connectivity index (χ4n) is 2.03. The van der Waals surface area contributed by atoms with Gasteiger partial charge in [-0.25, -0.2) is 0 Å². The highest BCUT2D eigenvalue weighted by molar-refractivity contribution is 9.10. The van der Waals surface area contributed by atoms with Crippen molar-refractivity contribution in [2.75, 3.05) is 0 Å². The number of halogens is 1. The maximum absolute atomic E-state index is 12.0. The van der Waals surface area contributed by atoms with Crippen molar-refractivity contribution in [3.8, 4) is 0 Å². The summed E-state index contributed by atoms with van der Waals surface area (Å²) in [5, 5.41) is 0.873. The average molecular weight is 337 g/mol. The monoisotopic (exact) mass is 336 g/mol. The van der Waals surface area contributed by atoms with E-state index in [2.05, 4.69) is 26.8 Å². The zero-order chi connectivity index (χ0) is 14.3. The first kappa shape index (κ1) is 13.2. The van der Waals surface area contributed by atoms with Gasteiger partial charge in [0.2, 0.25) is 5.91 Å². The largest absolute Gasteiger partial charge is 0.451 e. The van der Waals surface area contributed by atoms with Gasteiger partial charge in [0.25, 0.3) is 0 Å². The predicted molar refractivity (Wildman–Crippen MR) is 77.0 cm³/mol. The molecule has 3 rings (SSSR count). The smallest absolute Gasteiger partial charge is 0.305 e. The van der Waals surface area contributed by atoms with Gasteiger partial charge in [-0.2, -0.15) is 0 Å². The van der Waals surface area contributed by atoms with E-state index in [1.54, 1.807) is 6.07 Å². The van der Waals surface area contributed by atoms with Gasteiger partial charge in [0.15, 0.2) is 5.76 Å². The van der Waals surface area contributed by atoms with Gasteiger partial charge >= 0.3 is 5.91 Å². The SMILES string of the molecule is Cc1c(C(=O)NNC(=O)C2CC2)oc2ccc(Br)cc12. The zero-order valence-electron chi connectivity index (χ0n) is 10.8. The Balaban J connectivity index is 1.80. The summed E-state index contributed by atoms with van der Waals surface area (Å²) in [7, 11) is 0. The summed E-state index contributed by atoms with van der Waals surface area (Å²) in [5.41, 5.74) is 6.20. The number of rotatable bonds is 2. The minimum atomic E-state index is -0.441. The minimum Gasteiger partial charge on any atom is -0.451 e. The fraction of sp³-hybridized carbons (Fsp3) is 0.286. The van der Waals surface area contributed by atoms with E-state index >= 15 is 0 Å². The molecule has 2 amide bonds. The van der Waals surface area contributed by atoms with Gasteiger partial charge in [-0.05, 0) is 38.0 Å². The molecule has 0 radical (unpaired) electrons. The van der Waals surface area contributed by atoms with Crippen LogP contribution in [0.25, 0.3) is 11.0 Å². The van der Waals surface area contributed by atoms with E-state index in [1.165, 1.54) is 0 Å². The Morgan fingerprint density at radius 1 is 1.30 bits per heavy atom. The molecular weight excluding hydrogens is 324 g/mol. The Hall–Kier alpha value is -1.82. The van der Waals surface area contributed by atoms with Crippen LogP contribution < -0.4 is 10.9 Å². The Morgan fingerprint density at radius 2 is 2.05 bits per heavy atom. The number of carbonyl (C=O) groups excluding carboxylic acids is 2. The van der Waals surface area contributed by atoms with Gasteiger partial charge in [0.1, 0.15) is 5.58 Å². The minimum absolute atomic E-state index is 0.0445. The molecule has 0 unspecified atom stereocenters. The standard InChI is InChI=1S/C14H13BrN2O3/c1-7-10-6-9(15)4-5-11(10)20-12(7)14(19)17-16-13(18)8-2-3-8/h4-6,8H,2-3H2,1H3,(H,16,18)(H,17,19). The van der Waals surface area contributed by atoms with Crippen molar-refractivity contribution in [3.63, 3.8) is 0 Å². The van der Waals surface area contributed by atoms with Crippen LogP contribution in [0.4, 0.5) is 0 Å². The number of fused-ring (bicyclic) bond motifs is 1. The summed E-state index contributed by atoms with van der Waals surface area (Å²) < 4.78 is 6.46. The molecule has 104 valence electrons. The molecule has 0 aliphatic heterocycles. The van der Waals surface area contributed by atoms with Gasteiger partial charge < -0.3 is 4.42 Å². The van der Waals surface area contributed by atoms with E-state index < -0.39 is 5.91 Å². The van der Waals surface area contributed by atoms with Crippen LogP contribution in [0.2, 0.25) is 0 Å². The molecular formula is C14H13BrN2O3. The molecule has 1 heterocycles. The van der Waals surface area contributed by atoms with E-state index in [9.17, 15) is 9.59 Å². The van der Waals surface area contributed by atoms with Crippen LogP contribution >= 0.6 is 15.9 Å². The Bertz CT molecular complexity index is 704. The summed E-state index contributed by atoms with van der Waals surface area (Å²) in [4.78, 5) is 23.5. The molecule has 2 aromatic rings. The molecule has 0 saturated heterocycles. The average Bonchev–Trinajstić information content (AvgIpc) is 3.22. The van der Waals surface area contributed by atoms with Crippen molar-refractivity contribution in [2.45, 2.75) is 19.8 Å². The number of hydrogen-bond donors (Lipinski definition) is 2. The lowest BCUT2D eigenvalue weighted by atomic mass is 10.1. The second-order valence-electron chi connectivity index (χ2n) is 4.91. The molecule has 1 aliphatic rings. The van der Waals surface area contributed by atoms with Gasteiger partial charge in [-0.15, -0.1) is 0 Å². The molecule has 0 bridgehead atoms. The Kier molecular flexibility index (Phi) is 3.25. The molecule has 1 fully saturated rings. The Morgan fingerprint density at radius 3 is 2.75 bits per heavy atom. The summed E-state index contributed by atoms with van der Waals surface area (Å²) in [6, 6.07) is 5.54. The van der Waals surface area contributed by atoms with Crippen LogP contribution in [0.5, 0.6) is 0 Å². The number of amides is 2. The van der Waals surface area contributed by atoms with Gasteiger partial charge in [0, 0.05) is 21.3 Å². The second-order valence-corrected chi connectivity index (χ2v) is 5.83. The highest BCUT2D eigenvalue weighted by atomic mass is 79.9. The molecule has 1 aromatic carbocycles. The topological polar surface area (TPSA) is 71.3 Å². The number of carbonyl (C=O) groups is 2. The third-order valence-corrected chi connectivity index (χ3v) is 3.85. The van der Waals surface area contributed by atoms with Gasteiger partial charge in [-0.1, -0.05) is 15.9 Å². The molecule has 0 spiro atoms. The summed E-state index contributed by atoms with van der Waals surface area (Å²) in [5.74, 6) is -0.323. The maximum atomic E-state index is 12.0. The summed E-state index contributed by atoms with van der Waals surface area (Å²) in [6.45, 7) is 1.82. The fourth-order valence-corrected chi connectivity index (χ4v) is 2.39. The first-order chi connectivity index (χ1) is 9.56. The van der Waals surface area contributed by atoms with E-state index in [4.69, 9.17) is 4.42 Å². The highest BCUT2D eigenvalue weighted by Crippen LogP contribution is 2.29. The number of furan rings is 1. The van der Waals surface area contributed by atoms with Crippen LogP contribution in [0.15, 0.2) is 27.1 Å². The van der Waals surface area contributed by atoms with E-state index in [0.717, 1.165) is 28.3 Å². The first-order valence-corrected chi connectivity index (χ1v) is 7.14. The van der Waals surface area contributed by atoms with Crippen LogP contribution in [0, 0.1) is 12.8 Å². The molecule has 20 heavy (non-hydrogen) atoms. The number of hydrogen-bond acceptors (Lipinski definition) is 3. The van der Waals surface area contributed by atoms with Crippen molar-refractivity contribution in [3.05, 3.63) is 34.0 Å². The number of aryl methyl sites for hydroxylation is 1. The van der Waals surface area contributed by atoms with Crippen molar-refractivity contribution in [1.82, 2.24) is 10.9 Å². The summed E-state index contributed by atoms with van der Waals surface area (Å²) in [6.07, 6.45) is 1.78. The summed E-state index contributed by atoms with van der Waals surface area (Å²) >= 11 is 3.39. The van der Waals surface area contributed by atoms with Crippen molar-refractivity contribution >= 4 is 38.7 Å². The molecule has 2 N–H and O–H groups in total. The zero-order valence-corrected chi connectivity index (χ0v) is 12.4. The van der Waals surface area contributed by atoms with Crippen LogP contribution in [0.3, 0.4) is 0 Å². The maximum Gasteiger partial charge on any atom is 0.305 e. The quantitative estimate of drug-likeness (QED) is 0.828. The van der Waals surface area contributed by atoms with Crippen LogP contribution in [-0.4, -0.2) is 11.8 Å². The second kappa shape index (κ2) is 4.94. The van der Waals surface area contributed by atoms with Crippen molar-refractivity contribution < 1.29 is 14.0 Å². The lowest BCUT2D eigenvalue weighted by Gasteiger charge is -2.05. The molecule has 5 nitrogen and oxygen atoms in total. The lowest BCUT2D eigenvalue weighted by Crippen LogP contribution is -2.42. The first-order valence-electron chi connectivity index (χ1n) is 6.35. The van der Waals surface area contributed by atoms with Gasteiger partial charge in [-0.3, -0.25) is 20.4 Å². The van der Waals surface area contributed by atoms with Gasteiger partial charge in [0.05, 0.1) is 0 Å². The van der Waals surface area contributed by atoms with E-state index in [-0.39, 0.29) is 17.6 Å².